The van der Waals surface area contributed by atoms with Crippen molar-refractivity contribution in [2.45, 2.75) is 45.3 Å². The van der Waals surface area contributed by atoms with Crippen molar-refractivity contribution in [3.05, 3.63) is 29.8 Å². The number of benzene rings is 1. The molecule has 6 heteroatoms. The molecule has 0 saturated carbocycles. The van der Waals surface area contributed by atoms with Crippen LogP contribution in [0.3, 0.4) is 0 Å². The van der Waals surface area contributed by atoms with Crippen molar-refractivity contribution in [2.75, 3.05) is 12.4 Å². The van der Waals surface area contributed by atoms with Gasteiger partial charge in [0.05, 0.1) is 6.42 Å². The van der Waals surface area contributed by atoms with Crippen LogP contribution in [0.15, 0.2) is 24.3 Å². The molecular weight excluding hydrogens is 284 g/mol. The van der Waals surface area contributed by atoms with Gasteiger partial charge in [-0.15, -0.1) is 0 Å². The number of ether oxygens (including phenoxy) is 1. The Labute approximate surface area is 130 Å². The largest absolute Gasteiger partial charge is 0.481 e. The van der Waals surface area contributed by atoms with Crippen LogP contribution >= 0.6 is 0 Å². The Hall–Kier alpha value is -2.08. The summed E-state index contributed by atoms with van der Waals surface area (Å²) in [5.41, 5.74) is 1.09. The van der Waals surface area contributed by atoms with E-state index in [1.165, 1.54) is 0 Å². The highest BCUT2D eigenvalue weighted by Gasteiger charge is 2.16. The number of carboxylic acids is 1. The normalized spacial score (nSPS) is 12.5. The lowest BCUT2D eigenvalue weighted by Crippen LogP contribution is -2.30. The first-order valence-electron chi connectivity index (χ1n) is 7.17. The second kappa shape index (κ2) is 7.79. The summed E-state index contributed by atoms with van der Waals surface area (Å²) in [5.74, 6) is -0.831. The van der Waals surface area contributed by atoms with Crippen LogP contribution in [0.25, 0.3) is 0 Å². The van der Waals surface area contributed by atoms with Gasteiger partial charge in [0.1, 0.15) is 5.60 Å². The third kappa shape index (κ3) is 7.08. The quantitative estimate of drug-likeness (QED) is 0.752. The zero-order valence-electron chi connectivity index (χ0n) is 13.5. The molecule has 122 valence electrons. The predicted molar refractivity (Wildman–Crippen MR) is 85.1 cm³/mol. The van der Waals surface area contributed by atoms with Crippen molar-refractivity contribution in [1.82, 2.24) is 5.32 Å². The van der Waals surface area contributed by atoms with Crippen LogP contribution in [-0.2, 0) is 16.0 Å². The maximum absolute atomic E-state index is 11.6. The zero-order chi connectivity index (χ0) is 16.8. The van der Waals surface area contributed by atoms with Crippen LogP contribution in [-0.4, -0.2) is 35.9 Å². The molecule has 0 aromatic heterocycles. The van der Waals surface area contributed by atoms with Gasteiger partial charge in [0, 0.05) is 11.7 Å². The molecule has 0 aliphatic rings. The molecule has 1 atom stereocenters. The molecule has 0 spiro atoms. The summed E-state index contributed by atoms with van der Waals surface area (Å²) >= 11 is 0. The standard InChI is InChI=1S/C16H24N2O4/c1-16(2,3)22-15(21)18-12-7-5-11(6-8-12)9-13(17-4)10-14(19)20/h5-8,13,17H,9-10H2,1-4H3,(H,18,21)(H,19,20)/t13-/m1/s1. The zero-order valence-corrected chi connectivity index (χ0v) is 13.5. The third-order valence-corrected chi connectivity index (χ3v) is 2.91. The fourth-order valence-electron chi connectivity index (χ4n) is 1.92. The van der Waals surface area contributed by atoms with Gasteiger partial charge in [0.25, 0.3) is 0 Å². The van der Waals surface area contributed by atoms with Gasteiger partial charge in [0.15, 0.2) is 0 Å². The van der Waals surface area contributed by atoms with Crippen LogP contribution in [0.4, 0.5) is 10.5 Å². The van der Waals surface area contributed by atoms with Crippen LogP contribution < -0.4 is 10.6 Å². The molecule has 1 aromatic carbocycles. The summed E-state index contributed by atoms with van der Waals surface area (Å²) in [6.45, 7) is 5.40. The monoisotopic (exact) mass is 308 g/mol. The molecule has 1 amide bonds. The van der Waals surface area contributed by atoms with E-state index in [1.807, 2.05) is 12.1 Å². The number of carbonyl (C=O) groups excluding carboxylic acids is 1. The minimum absolute atomic E-state index is 0.0639. The number of carboxylic acid groups (broad SMARTS) is 1. The lowest BCUT2D eigenvalue weighted by molar-refractivity contribution is -0.137. The van der Waals surface area contributed by atoms with Gasteiger partial charge in [-0.1, -0.05) is 12.1 Å². The van der Waals surface area contributed by atoms with E-state index in [2.05, 4.69) is 10.6 Å². The predicted octanol–water partition coefficient (Wildman–Crippen LogP) is 2.64. The van der Waals surface area contributed by atoms with Gasteiger partial charge in [0.2, 0.25) is 0 Å². The van der Waals surface area contributed by atoms with Gasteiger partial charge in [-0.05, 0) is 51.9 Å². The summed E-state index contributed by atoms with van der Waals surface area (Å²) in [5, 5.41) is 14.5. The first kappa shape index (κ1) is 18.0. The van der Waals surface area contributed by atoms with Crippen molar-refractivity contribution < 1.29 is 19.4 Å². The number of aliphatic carboxylic acids is 1. The number of likely N-dealkylation sites (N-methyl/N-ethyl adjacent to an activating group) is 1. The van der Waals surface area contributed by atoms with E-state index >= 15 is 0 Å². The van der Waals surface area contributed by atoms with Crippen LogP contribution in [0.2, 0.25) is 0 Å². The van der Waals surface area contributed by atoms with E-state index in [-0.39, 0.29) is 12.5 Å². The molecule has 3 N–H and O–H groups in total. The Morgan fingerprint density at radius 3 is 2.27 bits per heavy atom. The summed E-state index contributed by atoms with van der Waals surface area (Å²) < 4.78 is 5.17. The van der Waals surface area contributed by atoms with Gasteiger partial charge in [-0.3, -0.25) is 10.1 Å². The lowest BCUT2D eigenvalue weighted by Gasteiger charge is -2.19. The number of rotatable bonds is 6. The molecule has 0 saturated heterocycles. The lowest BCUT2D eigenvalue weighted by atomic mass is 10.0. The van der Waals surface area contributed by atoms with Gasteiger partial charge < -0.3 is 15.2 Å². The number of nitrogens with one attached hydrogen (secondary N) is 2. The minimum Gasteiger partial charge on any atom is -0.481 e. The fraction of sp³-hybridized carbons (Fsp3) is 0.500. The Morgan fingerprint density at radius 2 is 1.82 bits per heavy atom. The van der Waals surface area contributed by atoms with Gasteiger partial charge >= 0.3 is 12.1 Å². The highest BCUT2D eigenvalue weighted by atomic mass is 16.6. The molecule has 0 aliphatic heterocycles. The second-order valence-electron chi connectivity index (χ2n) is 6.11. The van der Waals surface area contributed by atoms with E-state index in [0.717, 1.165) is 5.56 Å². The molecule has 0 heterocycles. The number of carbonyl (C=O) groups is 2. The van der Waals surface area contributed by atoms with Gasteiger partial charge in [-0.25, -0.2) is 4.79 Å². The highest BCUT2D eigenvalue weighted by molar-refractivity contribution is 5.84. The van der Waals surface area contributed by atoms with E-state index < -0.39 is 17.7 Å². The number of hydrogen-bond acceptors (Lipinski definition) is 4. The molecular formula is C16H24N2O4. The smallest absolute Gasteiger partial charge is 0.412 e. The molecule has 0 fully saturated rings. The Morgan fingerprint density at radius 1 is 1.23 bits per heavy atom. The molecule has 0 unspecified atom stereocenters. The van der Waals surface area contributed by atoms with Crippen molar-refractivity contribution >= 4 is 17.7 Å². The number of amides is 1. The summed E-state index contributed by atoms with van der Waals surface area (Å²) in [6, 6.07) is 7.14. The summed E-state index contributed by atoms with van der Waals surface area (Å²) in [6.07, 6.45) is 0.170. The van der Waals surface area contributed by atoms with Gasteiger partial charge in [-0.2, -0.15) is 0 Å². The van der Waals surface area contributed by atoms with Crippen molar-refractivity contribution in [1.29, 1.82) is 0 Å². The topological polar surface area (TPSA) is 87.7 Å². The highest BCUT2D eigenvalue weighted by Crippen LogP contribution is 2.14. The Balaban J connectivity index is 2.59. The van der Waals surface area contributed by atoms with Crippen molar-refractivity contribution in [3.8, 4) is 0 Å². The molecule has 22 heavy (non-hydrogen) atoms. The van der Waals surface area contributed by atoms with Crippen LogP contribution in [0.5, 0.6) is 0 Å². The van der Waals surface area contributed by atoms with E-state index in [1.54, 1.807) is 40.0 Å². The average Bonchev–Trinajstić information content (AvgIpc) is 2.37. The van der Waals surface area contributed by atoms with Crippen LogP contribution in [0, 0.1) is 0 Å². The van der Waals surface area contributed by atoms with E-state index in [4.69, 9.17) is 9.84 Å². The van der Waals surface area contributed by atoms with E-state index in [0.29, 0.717) is 12.1 Å². The molecule has 6 nitrogen and oxygen atoms in total. The van der Waals surface area contributed by atoms with Crippen molar-refractivity contribution in [2.24, 2.45) is 0 Å². The number of anilines is 1. The molecule has 1 aromatic rings. The summed E-state index contributed by atoms with van der Waals surface area (Å²) in [4.78, 5) is 22.4. The molecule has 0 aliphatic carbocycles. The second-order valence-corrected chi connectivity index (χ2v) is 6.11. The average molecular weight is 308 g/mol. The number of hydrogen-bond donors (Lipinski definition) is 3. The first-order valence-corrected chi connectivity index (χ1v) is 7.17. The first-order chi connectivity index (χ1) is 10.2. The molecule has 0 bridgehead atoms. The Kier molecular flexibility index (Phi) is 6.37. The summed E-state index contributed by atoms with van der Waals surface area (Å²) in [7, 11) is 1.74. The maximum Gasteiger partial charge on any atom is 0.412 e. The fourth-order valence-corrected chi connectivity index (χ4v) is 1.92. The minimum atomic E-state index is -0.831. The van der Waals surface area contributed by atoms with Crippen molar-refractivity contribution in [3.63, 3.8) is 0 Å². The van der Waals surface area contributed by atoms with E-state index in [9.17, 15) is 9.59 Å². The Bertz CT molecular complexity index is 506. The molecule has 1 rings (SSSR count). The SMILES string of the molecule is CN[C@@H](CC(=O)O)Cc1ccc(NC(=O)OC(C)(C)C)cc1. The molecule has 0 radical (unpaired) electrons. The third-order valence-electron chi connectivity index (χ3n) is 2.91. The van der Waals surface area contributed by atoms with Crippen LogP contribution in [0.1, 0.15) is 32.8 Å². The maximum atomic E-state index is 11.6.